The minimum absolute atomic E-state index is 0.0463. The highest BCUT2D eigenvalue weighted by Gasteiger charge is 2.35. The largest absolute Gasteiger partial charge is 0.508 e. The molecule has 6 nitrogen and oxygen atoms in total. The smallest absolute Gasteiger partial charge is 0.293 e. The number of nitrogens with zero attached hydrogens (tertiary/aromatic N) is 1. The summed E-state index contributed by atoms with van der Waals surface area (Å²) in [6, 6.07) is 11.5. The van der Waals surface area contributed by atoms with E-state index < -0.39 is 11.1 Å². The zero-order valence-electron chi connectivity index (χ0n) is 14.0. The van der Waals surface area contributed by atoms with Crippen LogP contribution < -0.4 is 5.32 Å². The van der Waals surface area contributed by atoms with Crippen molar-refractivity contribution in [1.29, 1.82) is 0 Å². The number of halogens is 1. The van der Waals surface area contributed by atoms with E-state index in [2.05, 4.69) is 5.32 Å². The van der Waals surface area contributed by atoms with Gasteiger partial charge in [-0.2, -0.15) is 0 Å². The van der Waals surface area contributed by atoms with Crippen LogP contribution in [0.15, 0.2) is 53.4 Å². The fraction of sp³-hybridized carbons (Fsp3) is 0.105. The molecule has 1 fully saturated rings. The average Bonchev–Trinajstić information content (AvgIpc) is 2.90. The van der Waals surface area contributed by atoms with Crippen molar-refractivity contribution < 1.29 is 23.9 Å². The summed E-state index contributed by atoms with van der Waals surface area (Å²) in [7, 11) is 0. The van der Waals surface area contributed by atoms with Crippen molar-refractivity contribution in [2.24, 2.45) is 0 Å². The number of hydrogen-bond donors (Lipinski definition) is 2. The highest BCUT2D eigenvalue weighted by atomic mass is 32.2. The van der Waals surface area contributed by atoms with Gasteiger partial charge in [-0.15, -0.1) is 0 Å². The Hall–Kier alpha value is -3.13. The number of phenols is 1. The molecular formula is C19H15FN2O4S. The van der Waals surface area contributed by atoms with Gasteiger partial charge in [0.2, 0.25) is 5.91 Å². The number of hydrogen-bond acceptors (Lipinski definition) is 5. The van der Waals surface area contributed by atoms with E-state index in [0.717, 1.165) is 16.7 Å². The Balaban J connectivity index is 1.59. The lowest BCUT2D eigenvalue weighted by molar-refractivity contribution is -0.123. The molecule has 27 heavy (non-hydrogen) atoms. The van der Waals surface area contributed by atoms with Crippen LogP contribution in [0.1, 0.15) is 12.0 Å². The third-order valence-corrected chi connectivity index (χ3v) is 4.66. The molecule has 3 rings (SSSR count). The molecule has 1 heterocycles. The first-order valence-electron chi connectivity index (χ1n) is 8.02. The summed E-state index contributed by atoms with van der Waals surface area (Å²) in [4.78, 5) is 37.7. The van der Waals surface area contributed by atoms with Gasteiger partial charge in [0.25, 0.3) is 11.1 Å². The zero-order chi connectivity index (χ0) is 19.4. The third-order valence-electron chi connectivity index (χ3n) is 3.75. The van der Waals surface area contributed by atoms with Crippen LogP contribution in [0, 0.1) is 5.82 Å². The van der Waals surface area contributed by atoms with Crippen LogP contribution in [-0.4, -0.2) is 33.6 Å². The van der Waals surface area contributed by atoms with Crippen LogP contribution in [0.3, 0.4) is 0 Å². The van der Waals surface area contributed by atoms with E-state index in [1.54, 1.807) is 12.1 Å². The number of imide groups is 1. The SMILES string of the molecule is O=C(CCN1C(=O)SC(=Cc2ccc(F)cc2)C1=O)Nc1ccc(O)cc1. The highest BCUT2D eigenvalue weighted by Crippen LogP contribution is 2.32. The first-order chi connectivity index (χ1) is 12.9. The van der Waals surface area contributed by atoms with Crippen LogP contribution in [0.2, 0.25) is 0 Å². The van der Waals surface area contributed by atoms with Crippen LogP contribution >= 0.6 is 11.8 Å². The van der Waals surface area contributed by atoms with E-state index in [-0.39, 0.29) is 35.3 Å². The van der Waals surface area contributed by atoms with E-state index in [1.807, 2.05) is 0 Å². The topological polar surface area (TPSA) is 86.7 Å². The van der Waals surface area contributed by atoms with Gasteiger partial charge in [0, 0.05) is 18.7 Å². The number of aromatic hydroxyl groups is 1. The molecule has 0 spiro atoms. The fourth-order valence-electron chi connectivity index (χ4n) is 2.38. The van der Waals surface area contributed by atoms with Crippen molar-refractivity contribution in [3.8, 4) is 5.75 Å². The van der Waals surface area contributed by atoms with Crippen LogP contribution in [-0.2, 0) is 9.59 Å². The summed E-state index contributed by atoms with van der Waals surface area (Å²) < 4.78 is 12.9. The maximum Gasteiger partial charge on any atom is 0.293 e. The molecular weight excluding hydrogens is 371 g/mol. The third kappa shape index (κ3) is 4.73. The Bertz CT molecular complexity index is 910. The van der Waals surface area contributed by atoms with Crippen molar-refractivity contribution in [3.05, 3.63) is 64.8 Å². The predicted molar refractivity (Wildman–Crippen MR) is 100 cm³/mol. The quantitative estimate of drug-likeness (QED) is 0.606. The first-order valence-corrected chi connectivity index (χ1v) is 8.84. The van der Waals surface area contributed by atoms with Crippen molar-refractivity contribution in [3.63, 3.8) is 0 Å². The summed E-state index contributed by atoms with van der Waals surface area (Å²) >= 11 is 0.783. The lowest BCUT2D eigenvalue weighted by Crippen LogP contribution is -2.31. The number of carbonyl (C=O) groups excluding carboxylic acids is 3. The second-order valence-corrected chi connectivity index (χ2v) is 6.72. The molecule has 0 bridgehead atoms. The lowest BCUT2D eigenvalue weighted by atomic mass is 10.2. The molecule has 1 aliphatic heterocycles. The molecule has 8 heteroatoms. The Kier molecular flexibility index (Phi) is 5.56. The Morgan fingerprint density at radius 1 is 1.11 bits per heavy atom. The first kappa shape index (κ1) is 18.7. The molecule has 0 radical (unpaired) electrons. The highest BCUT2D eigenvalue weighted by molar-refractivity contribution is 8.18. The number of amides is 3. The van der Waals surface area contributed by atoms with Gasteiger partial charge < -0.3 is 10.4 Å². The second-order valence-electron chi connectivity index (χ2n) is 5.73. The van der Waals surface area contributed by atoms with Crippen molar-refractivity contribution >= 4 is 40.6 Å². The van der Waals surface area contributed by atoms with Gasteiger partial charge in [-0.05, 0) is 59.8 Å². The van der Waals surface area contributed by atoms with Crippen LogP contribution in [0.4, 0.5) is 14.9 Å². The van der Waals surface area contributed by atoms with Gasteiger partial charge in [0.1, 0.15) is 11.6 Å². The molecule has 0 unspecified atom stereocenters. The van der Waals surface area contributed by atoms with Gasteiger partial charge >= 0.3 is 0 Å². The minimum Gasteiger partial charge on any atom is -0.508 e. The summed E-state index contributed by atoms with van der Waals surface area (Å²) in [5.41, 5.74) is 1.11. The van der Waals surface area contributed by atoms with Gasteiger partial charge in [0.05, 0.1) is 4.91 Å². The molecule has 0 aliphatic carbocycles. The van der Waals surface area contributed by atoms with Gasteiger partial charge in [0.15, 0.2) is 0 Å². The van der Waals surface area contributed by atoms with Crippen molar-refractivity contribution in [1.82, 2.24) is 4.90 Å². The summed E-state index contributed by atoms with van der Waals surface area (Å²) in [6.45, 7) is -0.0463. The number of thioether (sulfide) groups is 1. The van der Waals surface area contributed by atoms with Gasteiger partial charge in [-0.3, -0.25) is 19.3 Å². The molecule has 138 valence electrons. The second kappa shape index (κ2) is 8.05. The standard InChI is InChI=1S/C19H15FN2O4S/c20-13-3-1-12(2-4-13)11-16-18(25)22(19(26)27-16)10-9-17(24)21-14-5-7-15(23)8-6-14/h1-8,11,23H,9-10H2,(H,21,24). The van der Waals surface area contributed by atoms with Gasteiger partial charge in [-0.25, -0.2) is 4.39 Å². The maximum atomic E-state index is 12.9. The summed E-state index contributed by atoms with van der Waals surface area (Å²) in [6.07, 6.45) is 1.46. The van der Waals surface area contributed by atoms with Crippen molar-refractivity contribution in [2.45, 2.75) is 6.42 Å². The van der Waals surface area contributed by atoms with E-state index >= 15 is 0 Å². The fourth-order valence-corrected chi connectivity index (χ4v) is 3.25. The number of carbonyl (C=O) groups is 3. The van der Waals surface area contributed by atoms with E-state index in [9.17, 15) is 23.9 Å². The number of nitrogens with one attached hydrogen (secondary N) is 1. The molecule has 0 aromatic heterocycles. The molecule has 0 atom stereocenters. The van der Waals surface area contributed by atoms with E-state index in [1.165, 1.54) is 42.5 Å². The van der Waals surface area contributed by atoms with E-state index in [4.69, 9.17) is 0 Å². The minimum atomic E-state index is -0.480. The zero-order valence-corrected chi connectivity index (χ0v) is 14.8. The molecule has 1 aliphatic rings. The van der Waals surface area contributed by atoms with Gasteiger partial charge in [-0.1, -0.05) is 12.1 Å². The number of anilines is 1. The van der Waals surface area contributed by atoms with Crippen molar-refractivity contribution in [2.75, 3.05) is 11.9 Å². The molecule has 3 amide bonds. The number of benzene rings is 2. The Morgan fingerprint density at radius 3 is 2.44 bits per heavy atom. The summed E-state index contributed by atoms with van der Waals surface area (Å²) in [5, 5.41) is 11.4. The normalized spacial score (nSPS) is 15.4. The van der Waals surface area contributed by atoms with Crippen LogP contribution in [0.5, 0.6) is 5.75 Å². The Labute approximate surface area is 158 Å². The predicted octanol–water partition coefficient (Wildman–Crippen LogP) is 3.60. The average molecular weight is 386 g/mol. The molecule has 0 saturated carbocycles. The van der Waals surface area contributed by atoms with E-state index in [0.29, 0.717) is 11.3 Å². The molecule has 2 aromatic carbocycles. The number of rotatable bonds is 5. The number of phenolic OH excluding ortho intramolecular Hbond substituents is 1. The summed E-state index contributed by atoms with van der Waals surface area (Å²) in [5.74, 6) is -1.15. The monoisotopic (exact) mass is 386 g/mol. The van der Waals surface area contributed by atoms with Crippen LogP contribution in [0.25, 0.3) is 6.08 Å². The molecule has 1 saturated heterocycles. The maximum absolute atomic E-state index is 12.9. The lowest BCUT2D eigenvalue weighted by Gasteiger charge is -2.12. The molecule has 2 aromatic rings. The Morgan fingerprint density at radius 2 is 1.78 bits per heavy atom. The molecule has 2 N–H and O–H groups in total.